The van der Waals surface area contributed by atoms with Crippen LogP contribution in [0.5, 0.6) is 0 Å². The number of nitrogens with one attached hydrogen (secondary N) is 1. The van der Waals surface area contributed by atoms with Crippen molar-refractivity contribution in [1.29, 1.82) is 0 Å². The third kappa shape index (κ3) is 6.04. The van der Waals surface area contributed by atoms with Gasteiger partial charge in [0.15, 0.2) is 0 Å². The Balaban J connectivity index is 2.18. The number of rotatable bonds is 7. The van der Waals surface area contributed by atoms with E-state index in [1.54, 1.807) is 0 Å². The molecule has 0 bridgehead atoms. The fraction of sp³-hybridized carbons (Fsp3) is 0.462. The molecule has 1 amide bonds. The third-order valence-corrected chi connectivity index (χ3v) is 2.37. The lowest BCUT2D eigenvalue weighted by Gasteiger charge is -2.10. The van der Waals surface area contributed by atoms with Crippen molar-refractivity contribution in [3.63, 3.8) is 0 Å². The Morgan fingerprint density at radius 3 is 2.76 bits per heavy atom. The number of hydrogen-bond donors (Lipinski definition) is 2. The van der Waals surface area contributed by atoms with Crippen molar-refractivity contribution in [2.75, 3.05) is 20.3 Å². The second kappa shape index (κ2) is 7.81. The van der Waals surface area contributed by atoms with Gasteiger partial charge >= 0.3 is 0 Å². The van der Waals surface area contributed by atoms with E-state index in [0.717, 1.165) is 5.56 Å². The molecule has 0 spiro atoms. The number of carbonyl (C=O) groups excluding carboxylic acids is 1. The lowest BCUT2D eigenvalue weighted by Crippen LogP contribution is -2.29. The first kappa shape index (κ1) is 13.7. The van der Waals surface area contributed by atoms with E-state index in [-0.39, 0.29) is 5.91 Å². The first-order valence-corrected chi connectivity index (χ1v) is 5.70. The number of benzene rings is 1. The van der Waals surface area contributed by atoms with Crippen molar-refractivity contribution in [2.45, 2.75) is 18.9 Å². The van der Waals surface area contributed by atoms with Crippen LogP contribution in [0.25, 0.3) is 0 Å². The number of methoxy groups -OCH3 is 1. The Hall–Kier alpha value is -1.39. The molecule has 1 unspecified atom stereocenters. The van der Waals surface area contributed by atoms with Crippen molar-refractivity contribution < 1.29 is 14.6 Å². The number of ether oxygens (including phenoxy) is 1. The monoisotopic (exact) mass is 237 g/mol. The minimum absolute atomic E-state index is 0.0270. The van der Waals surface area contributed by atoms with Gasteiger partial charge in [-0.2, -0.15) is 0 Å². The molecular weight excluding hydrogens is 218 g/mol. The average molecular weight is 237 g/mol. The van der Waals surface area contributed by atoms with Crippen LogP contribution in [0.15, 0.2) is 30.3 Å². The lowest BCUT2D eigenvalue weighted by atomic mass is 10.1. The predicted octanol–water partition coefficient (Wildman–Crippen LogP) is 0.743. The summed E-state index contributed by atoms with van der Waals surface area (Å²) in [6, 6.07) is 9.57. The standard InChI is InChI=1S/C13H19NO3/c1-17-10-12(15)7-8-14-13(16)9-11-5-3-2-4-6-11/h2-6,12,15H,7-10H2,1H3,(H,14,16). The summed E-state index contributed by atoms with van der Waals surface area (Å²) in [4.78, 5) is 11.5. The largest absolute Gasteiger partial charge is 0.391 e. The van der Waals surface area contributed by atoms with E-state index in [9.17, 15) is 9.90 Å². The fourth-order valence-corrected chi connectivity index (χ4v) is 1.50. The summed E-state index contributed by atoms with van der Waals surface area (Å²) in [6.07, 6.45) is 0.368. The highest BCUT2D eigenvalue weighted by Crippen LogP contribution is 1.99. The number of aliphatic hydroxyl groups is 1. The molecule has 0 aliphatic rings. The van der Waals surface area contributed by atoms with Gasteiger partial charge in [0.05, 0.1) is 19.1 Å². The molecule has 17 heavy (non-hydrogen) atoms. The highest BCUT2D eigenvalue weighted by molar-refractivity contribution is 5.78. The smallest absolute Gasteiger partial charge is 0.224 e. The molecule has 1 aromatic carbocycles. The van der Waals surface area contributed by atoms with Crippen molar-refractivity contribution in [3.05, 3.63) is 35.9 Å². The number of hydrogen-bond acceptors (Lipinski definition) is 3. The molecule has 2 N–H and O–H groups in total. The molecule has 1 rings (SSSR count). The average Bonchev–Trinajstić information content (AvgIpc) is 2.30. The minimum atomic E-state index is -0.517. The molecule has 0 saturated heterocycles. The van der Waals surface area contributed by atoms with Crippen molar-refractivity contribution >= 4 is 5.91 Å². The molecule has 0 aromatic heterocycles. The topological polar surface area (TPSA) is 58.6 Å². The molecule has 1 aromatic rings. The van der Waals surface area contributed by atoms with Gasteiger partial charge in [-0.15, -0.1) is 0 Å². The molecule has 4 heteroatoms. The van der Waals surface area contributed by atoms with Gasteiger partial charge in [0, 0.05) is 13.7 Å². The van der Waals surface area contributed by atoms with Crippen molar-refractivity contribution in [3.8, 4) is 0 Å². The summed E-state index contributed by atoms with van der Waals surface area (Å²) in [5.74, 6) is -0.0270. The van der Waals surface area contributed by atoms with E-state index < -0.39 is 6.10 Å². The van der Waals surface area contributed by atoms with Crippen LogP contribution in [0, 0.1) is 0 Å². The lowest BCUT2D eigenvalue weighted by molar-refractivity contribution is -0.120. The zero-order valence-corrected chi connectivity index (χ0v) is 10.1. The molecule has 94 valence electrons. The van der Waals surface area contributed by atoms with Crippen molar-refractivity contribution in [2.24, 2.45) is 0 Å². The van der Waals surface area contributed by atoms with Crippen LogP contribution in [0.1, 0.15) is 12.0 Å². The van der Waals surface area contributed by atoms with Gasteiger partial charge in [0.25, 0.3) is 0 Å². The molecule has 0 heterocycles. The van der Waals surface area contributed by atoms with E-state index >= 15 is 0 Å². The SMILES string of the molecule is COCC(O)CCNC(=O)Cc1ccccc1. The third-order valence-electron chi connectivity index (χ3n) is 2.37. The Kier molecular flexibility index (Phi) is 6.29. The van der Waals surface area contributed by atoms with Crippen LogP contribution < -0.4 is 5.32 Å². The summed E-state index contributed by atoms with van der Waals surface area (Å²) < 4.78 is 4.79. The maximum Gasteiger partial charge on any atom is 0.224 e. The number of aliphatic hydroxyl groups excluding tert-OH is 1. The fourth-order valence-electron chi connectivity index (χ4n) is 1.50. The summed E-state index contributed by atoms with van der Waals surface area (Å²) in [7, 11) is 1.54. The van der Waals surface area contributed by atoms with Gasteiger partial charge < -0.3 is 15.2 Å². The Morgan fingerprint density at radius 2 is 2.12 bits per heavy atom. The Bertz CT molecular complexity index is 327. The molecule has 0 saturated carbocycles. The van der Waals surface area contributed by atoms with E-state index in [1.165, 1.54) is 7.11 Å². The Morgan fingerprint density at radius 1 is 1.41 bits per heavy atom. The first-order valence-electron chi connectivity index (χ1n) is 5.70. The summed E-state index contributed by atoms with van der Waals surface area (Å²) in [5.41, 5.74) is 0.988. The van der Waals surface area contributed by atoms with Crippen LogP contribution in [-0.4, -0.2) is 37.4 Å². The molecule has 0 fully saturated rings. The quantitative estimate of drug-likeness (QED) is 0.735. The zero-order chi connectivity index (χ0) is 12.5. The second-order valence-electron chi connectivity index (χ2n) is 3.91. The summed E-state index contributed by atoms with van der Waals surface area (Å²) >= 11 is 0. The van der Waals surface area contributed by atoms with Gasteiger partial charge in [0.1, 0.15) is 0 Å². The molecule has 4 nitrogen and oxygen atoms in total. The second-order valence-corrected chi connectivity index (χ2v) is 3.91. The van der Waals surface area contributed by atoms with Crippen LogP contribution in [0.3, 0.4) is 0 Å². The number of amides is 1. The summed E-state index contributed by atoms with van der Waals surface area (Å²) in [5, 5.41) is 12.1. The predicted molar refractivity (Wildman–Crippen MR) is 65.7 cm³/mol. The molecule has 0 aliphatic heterocycles. The van der Waals surface area contributed by atoms with E-state index in [4.69, 9.17) is 4.74 Å². The van der Waals surface area contributed by atoms with Crippen LogP contribution in [-0.2, 0) is 16.0 Å². The van der Waals surface area contributed by atoms with Gasteiger partial charge in [-0.05, 0) is 12.0 Å². The zero-order valence-electron chi connectivity index (χ0n) is 10.1. The van der Waals surface area contributed by atoms with Gasteiger partial charge in [0.2, 0.25) is 5.91 Å². The maximum atomic E-state index is 11.5. The highest BCUT2D eigenvalue weighted by atomic mass is 16.5. The van der Waals surface area contributed by atoms with Gasteiger partial charge in [-0.25, -0.2) is 0 Å². The van der Waals surface area contributed by atoms with Crippen LogP contribution >= 0.6 is 0 Å². The molecule has 0 radical (unpaired) electrons. The summed E-state index contributed by atoms with van der Waals surface area (Å²) in [6.45, 7) is 0.769. The molecular formula is C13H19NO3. The van der Waals surface area contributed by atoms with E-state index in [2.05, 4.69) is 5.32 Å². The first-order chi connectivity index (χ1) is 8.22. The highest BCUT2D eigenvalue weighted by Gasteiger charge is 2.05. The maximum absolute atomic E-state index is 11.5. The van der Waals surface area contributed by atoms with Crippen LogP contribution in [0.4, 0.5) is 0 Å². The minimum Gasteiger partial charge on any atom is -0.391 e. The number of carbonyl (C=O) groups is 1. The van der Waals surface area contributed by atoms with Crippen molar-refractivity contribution in [1.82, 2.24) is 5.32 Å². The normalized spacial score (nSPS) is 12.1. The van der Waals surface area contributed by atoms with Crippen LogP contribution in [0.2, 0.25) is 0 Å². The van der Waals surface area contributed by atoms with Gasteiger partial charge in [-0.1, -0.05) is 30.3 Å². The molecule has 1 atom stereocenters. The Labute approximate surface area is 102 Å². The van der Waals surface area contributed by atoms with Gasteiger partial charge in [-0.3, -0.25) is 4.79 Å². The van der Waals surface area contributed by atoms with E-state index in [0.29, 0.717) is 26.0 Å². The molecule has 0 aliphatic carbocycles. The van der Waals surface area contributed by atoms with E-state index in [1.807, 2.05) is 30.3 Å².